The van der Waals surface area contributed by atoms with Crippen molar-refractivity contribution in [1.82, 2.24) is 0 Å². The largest absolute Gasteiger partial charge is 4.00 e. The van der Waals surface area contributed by atoms with E-state index in [1.807, 2.05) is 113 Å². The van der Waals surface area contributed by atoms with E-state index < -0.39 is 0 Å². The van der Waals surface area contributed by atoms with Crippen molar-refractivity contribution in [2.24, 2.45) is 9.98 Å². The molecular weight excluding hydrogens is 764 g/mol. The first-order valence-corrected chi connectivity index (χ1v) is 20.0. The van der Waals surface area contributed by atoms with Crippen LogP contribution >= 0.6 is 0 Å². The number of nitrogens with zero attached hydrogens (tertiary/aromatic N) is 2. The molecule has 0 N–H and O–H groups in total. The van der Waals surface area contributed by atoms with Crippen molar-refractivity contribution in [3.63, 3.8) is 0 Å². The van der Waals surface area contributed by atoms with Gasteiger partial charge >= 0.3 is 21.7 Å². The van der Waals surface area contributed by atoms with E-state index in [1.54, 1.807) is 12.4 Å². The fraction of sp³-hybridized carbons (Fsp3) is 0.385. The zero-order chi connectivity index (χ0) is 44.0. The van der Waals surface area contributed by atoms with E-state index in [0.717, 1.165) is 44.5 Å². The molecule has 0 saturated heterocycles. The second kappa shape index (κ2) is 20.1. The average molecular weight is 829 g/mol. The molecule has 0 aliphatic carbocycles. The van der Waals surface area contributed by atoms with Gasteiger partial charge in [0.1, 0.15) is 0 Å². The zero-order valence-electron chi connectivity index (χ0n) is 38.3. The van der Waals surface area contributed by atoms with Crippen molar-refractivity contribution < 1.29 is 42.1 Å². The maximum atomic E-state index is 13.4. The normalized spacial score (nSPS) is 12.1. The number of hydrogen-bond donors (Lipinski definition) is 0. The van der Waals surface area contributed by atoms with Crippen molar-refractivity contribution in [3.05, 3.63) is 141 Å². The van der Waals surface area contributed by atoms with Crippen LogP contribution in [-0.2, 0) is 43.4 Å². The molecule has 5 aromatic rings. The Labute approximate surface area is 370 Å². The van der Waals surface area contributed by atoms with Crippen LogP contribution in [0.2, 0.25) is 0 Å². The number of hydrogen-bond acceptors (Lipinski definition) is 6. The van der Waals surface area contributed by atoms with Gasteiger partial charge in [-0.2, -0.15) is 0 Å². The molecule has 0 aromatic heterocycles. The summed E-state index contributed by atoms with van der Waals surface area (Å²) in [6, 6.07) is 26.6. The van der Waals surface area contributed by atoms with Gasteiger partial charge in [0.25, 0.3) is 0 Å². The summed E-state index contributed by atoms with van der Waals surface area (Å²) < 4.78 is 0. The average Bonchev–Trinajstić information content (AvgIpc) is 3.11. The Hall–Kier alpha value is -4.65. The third kappa shape index (κ3) is 14.0. The minimum Gasteiger partial charge on any atom is -0.872 e. The molecule has 310 valence electrons. The van der Waals surface area contributed by atoms with Crippen LogP contribution in [0.5, 0.6) is 23.0 Å². The van der Waals surface area contributed by atoms with Crippen molar-refractivity contribution >= 4 is 23.8 Å². The molecule has 0 radical (unpaired) electrons. The van der Waals surface area contributed by atoms with Crippen LogP contribution in [0.1, 0.15) is 139 Å². The van der Waals surface area contributed by atoms with Crippen molar-refractivity contribution in [2.75, 3.05) is 0 Å². The standard InChI is InChI=1S/C36H48N2O2.2C8H10O.Ti/c1-33(2,3)25-17-23(31(39)27(19-25)35(7,8)9)21-37-29-15-13-14-16-30(29)38-22-24-18-26(34(4,5)6)20-28(32(24)40)36(10,11)12;2*1-6-4-3-5-7(2)8(6)9;/h13-22,39-40H,1-12H3;2*3-5,9H,1-2H3;/q;;;+4/p-4. The molecule has 0 bridgehead atoms. The molecule has 0 saturated carbocycles. The third-order valence-corrected chi connectivity index (χ3v) is 9.97. The number of rotatable bonds is 4. The molecule has 0 aliphatic heterocycles. The van der Waals surface area contributed by atoms with Gasteiger partial charge < -0.3 is 20.4 Å². The smallest absolute Gasteiger partial charge is 0.872 e. The zero-order valence-corrected chi connectivity index (χ0v) is 39.8. The van der Waals surface area contributed by atoms with Gasteiger partial charge in [0.15, 0.2) is 0 Å². The molecule has 5 rings (SSSR count). The first-order chi connectivity index (χ1) is 26.6. The van der Waals surface area contributed by atoms with E-state index in [4.69, 9.17) is 9.98 Å². The molecule has 0 aliphatic rings. The molecule has 7 heteroatoms. The summed E-state index contributed by atoms with van der Waals surface area (Å²) in [6.45, 7) is 32.6. The van der Waals surface area contributed by atoms with Crippen molar-refractivity contribution in [3.8, 4) is 23.0 Å². The monoisotopic (exact) mass is 828 g/mol. The predicted molar refractivity (Wildman–Crippen MR) is 238 cm³/mol. The summed E-state index contributed by atoms with van der Waals surface area (Å²) in [4.78, 5) is 9.43. The Morgan fingerprint density at radius 3 is 0.915 bits per heavy atom. The van der Waals surface area contributed by atoms with Gasteiger partial charge in [-0.05, 0) is 94.9 Å². The number of aryl methyl sites for hydroxylation is 4. The predicted octanol–water partition coefficient (Wildman–Crippen LogP) is 11.3. The third-order valence-electron chi connectivity index (χ3n) is 9.97. The van der Waals surface area contributed by atoms with Crippen LogP contribution < -0.4 is 20.4 Å². The minimum absolute atomic E-state index is 0. The quantitative estimate of drug-likeness (QED) is 0.132. The Bertz CT molecular complexity index is 2060. The summed E-state index contributed by atoms with van der Waals surface area (Å²) >= 11 is 0. The van der Waals surface area contributed by atoms with Crippen molar-refractivity contribution in [1.29, 1.82) is 0 Å². The topological polar surface area (TPSA) is 117 Å². The van der Waals surface area contributed by atoms with E-state index in [2.05, 4.69) is 83.1 Å². The maximum Gasteiger partial charge on any atom is 4.00 e. The van der Waals surface area contributed by atoms with Gasteiger partial charge in [-0.25, -0.2) is 0 Å². The minimum atomic E-state index is -0.285. The first kappa shape index (κ1) is 50.5. The van der Waals surface area contributed by atoms with Crippen LogP contribution in [0, 0.1) is 27.7 Å². The molecule has 0 unspecified atom stereocenters. The second-order valence-corrected chi connectivity index (χ2v) is 19.3. The second-order valence-electron chi connectivity index (χ2n) is 19.3. The van der Waals surface area contributed by atoms with E-state index in [1.165, 1.54) is 0 Å². The molecular formula is C52H64N2O4Ti. The number of para-hydroxylation sites is 4. The van der Waals surface area contributed by atoms with Crippen LogP contribution in [0.15, 0.2) is 94.9 Å². The van der Waals surface area contributed by atoms with E-state index in [0.29, 0.717) is 22.5 Å². The molecule has 0 amide bonds. The van der Waals surface area contributed by atoms with E-state index in [-0.39, 0.29) is 66.4 Å². The van der Waals surface area contributed by atoms with Crippen LogP contribution in [-0.4, -0.2) is 12.4 Å². The number of aliphatic imine (C=N–C) groups is 2. The fourth-order valence-corrected chi connectivity index (χ4v) is 6.03. The molecule has 0 fully saturated rings. The maximum absolute atomic E-state index is 13.4. The van der Waals surface area contributed by atoms with Crippen LogP contribution in [0.4, 0.5) is 11.4 Å². The Kier molecular flexibility index (Phi) is 17.2. The Morgan fingerprint density at radius 2 is 0.678 bits per heavy atom. The molecule has 5 aromatic carbocycles. The molecule has 59 heavy (non-hydrogen) atoms. The van der Waals surface area contributed by atoms with Crippen LogP contribution in [0.3, 0.4) is 0 Å². The fourth-order valence-electron chi connectivity index (χ4n) is 6.03. The van der Waals surface area contributed by atoms with Gasteiger partial charge in [0.2, 0.25) is 0 Å². The molecule has 0 heterocycles. The molecule has 0 atom stereocenters. The molecule has 6 nitrogen and oxygen atoms in total. The SMILES string of the molecule is CC(C)(C)c1cc(C=Nc2ccccc2N=Cc2cc(C(C)(C)C)cc(C(C)(C)C)c2[O-])c([O-])c(C(C)(C)C)c1.Cc1cccc(C)c1[O-].Cc1cccc(C)c1[O-].[Ti+4]. The summed E-state index contributed by atoms with van der Waals surface area (Å²) in [5.74, 6) is 0.319. The van der Waals surface area contributed by atoms with Gasteiger partial charge in [0.05, 0.1) is 11.4 Å². The number of benzene rings is 5. The first-order valence-electron chi connectivity index (χ1n) is 20.0. The Morgan fingerprint density at radius 1 is 0.390 bits per heavy atom. The van der Waals surface area contributed by atoms with E-state index in [9.17, 15) is 20.4 Å². The summed E-state index contributed by atoms with van der Waals surface area (Å²) in [6.07, 6.45) is 3.30. The van der Waals surface area contributed by atoms with Gasteiger partial charge in [0, 0.05) is 12.4 Å². The van der Waals surface area contributed by atoms with Gasteiger partial charge in [-0.15, -0.1) is 11.5 Å². The van der Waals surface area contributed by atoms with Crippen LogP contribution in [0.25, 0.3) is 0 Å². The van der Waals surface area contributed by atoms with Gasteiger partial charge in [-0.1, -0.05) is 190 Å². The molecule has 0 spiro atoms. The van der Waals surface area contributed by atoms with Crippen molar-refractivity contribution in [2.45, 2.75) is 132 Å². The van der Waals surface area contributed by atoms with Gasteiger partial charge in [-0.3, -0.25) is 9.98 Å². The summed E-state index contributed by atoms with van der Waals surface area (Å²) in [5, 5.41) is 48.8. The summed E-state index contributed by atoms with van der Waals surface area (Å²) in [5.41, 5.74) is 8.67. The Balaban J connectivity index is 0.000000514. The van der Waals surface area contributed by atoms with E-state index >= 15 is 0 Å². The summed E-state index contributed by atoms with van der Waals surface area (Å²) in [7, 11) is 0.